The zero-order chi connectivity index (χ0) is 8.93. The normalized spacial score (nSPS) is 19.1. The Kier molecular flexibility index (Phi) is 2.91. The first-order valence-corrected chi connectivity index (χ1v) is 4.48. The Morgan fingerprint density at radius 1 is 1.54 bits per heavy atom. The van der Waals surface area contributed by atoms with Crippen molar-refractivity contribution in [2.45, 2.75) is 6.54 Å². The first-order chi connectivity index (χ1) is 6.45. The minimum Gasteiger partial charge on any atom is -0.379 e. The van der Waals surface area contributed by atoms with E-state index in [2.05, 4.69) is 20.4 Å². The lowest BCUT2D eigenvalue weighted by Crippen LogP contribution is -2.45. The van der Waals surface area contributed by atoms with E-state index in [-0.39, 0.29) is 0 Å². The van der Waals surface area contributed by atoms with Crippen LogP contribution in [-0.4, -0.2) is 41.3 Å². The zero-order valence-corrected chi connectivity index (χ0v) is 7.49. The van der Waals surface area contributed by atoms with E-state index in [1.807, 2.05) is 6.20 Å². The van der Waals surface area contributed by atoms with Gasteiger partial charge in [-0.05, 0) is 0 Å². The molecule has 0 aliphatic carbocycles. The minimum atomic E-state index is 0.806. The van der Waals surface area contributed by atoms with Crippen molar-refractivity contribution in [3.63, 3.8) is 0 Å². The van der Waals surface area contributed by atoms with Crippen molar-refractivity contribution in [3.8, 4) is 0 Å². The predicted octanol–water partition coefficient (Wildman–Crippen LogP) is -0.254. The molecule has 0 radical (unpaired) electrons. The van der Waals surface area contributed by atoms with Gasteiger partial charge in [0.15, 0.2) is 0 Å². The molecule has 1 aliphatic rings. The van der Waals surface area contributed by atoms with Crippen molar-refractivity contribution in [1.29, 1.82) is 0 Å². The molecule has 2 N–H and O–H groups in total. The van der Waals surface area contributed by atoms with E-state index < -0.39 is 0 Å². The maximum absolute atomic E-state index is 5.23. The van der Waals surface area contributed by atoms with Crippen LogP contribution in [0.3, 0.4) is 0 Å². The Hall–Kier alpha value is -0.910. The van der Waals surface area contributed by atoms with Crippen LogP contribution in [0.5, 0.6) is 0 Å². The van der Waals surface area contributed by atoms with Gasteiger partial charge < -0.3 is 9.72 Å². The molecule has 1 saturated heterocycles. The Bertz CT molecular complexity index is 230. The summed E-state index contributed by atoms with van der Waals surface area (Å²) in [6.07, 6.45) is 3.52. The summed E-state index contributed by atoms with van der Waals surface area (Å²) < 4.78 is 5.23. The number of morpholine rings is 1. The third kappa shape index (κ3) is 2.51. The highest BCUT2D eigenvalue weighted by molar-refractivity contribution is 4.92. The summed E-state index contributed by atoms with van der Waals surface area (Å²) >= 11 is 0. The predicted molar refractivity (Wildman–Crippen MR) is 47.8 cm³/mol. The SMILES string of the molecule is c1ncc(CNN2CCOCC2)[nH]1. The molecule has 1 aromatic heterocycles. The van der Waals surface area contributed by atoms with Gasteiger partial charge in [-0.2, -0.15) is 0 Å². The summed E-state index contributed by atoms with van der Waals surface area (Å²) in [5.41, 5.74) is 4.41. The van der Waals surface area contributed by atoms with E-state index in [0.29, 0.717) is 0 Å². The second kappa shape index (κ2) is 4.36. The zero-order valence-electron chi connectivity index (χ0n) is 7.49. The maximum Gasteiger partial charge on any atom is 0.0922 e. The second-order valence-corrected chi connectivity index (χ2v) is 3.01. The van der Waals surface area contributed by atoms with Crippen molar-refractivity contribution < 1.29 is 4.74 Å². The standard InChI is InChI=1S/C8H14N4O/c1-3-13-4-2-12(1)11-6-8-5-9-7-10-8/h5,7,11H,1-4,6H2,(H,9,10). The first kappa shape index (κ1) is 8.68. The average Bonchev–Trinajstić information content (AvgIpc) is 2.69. The number of imidazole rings is 1. The van der Waals surface area contributed by atoms with E-state index in [0.717, 1.165) is 38.5 Å². The van der Waals surface area contributed by atoms with Gasteiger partial charge in [-0.15, -0.1) is 0 Å². The number of nitrogens with one attached hydrogen (secondary N) is 2. The average molecular weight is 182 g/mol. The molecule has 1 fully saturated rings. The molecule has 0 amide bonds. The van der Waals surface area contributed by atoms with Crippen LogP contribution in [0.2, 0.25) is 0 Å². The Balaban J connectivity index is 1.72. The molecule has 5 heteroatoms. The maximum atomic E-state index is 5.23. The third-order valence-corrected chi connectivity index (χ3v) is 2.06. The molecule has 13 heavy (non-hydrogen) atoms. The first-order valence-electron chi connectivity index (χ1n) is 4.48. The van der Waals surface area contributed by atoms with Crippen LogP contribution < -0.4 is 5.43 Å². The number of aromatic nitrogens is 2. The molecule has 0 bridgehead atoms. The topological polar surface area (TPSA) is 53.2 Å². The summed E-state index contributed by atoms with van der Waals surface area (Å²) in [6.45, 7) is 4.34. The van der Waals surface area contributed by atoms with Gasteiger partial charge in [-0.25, -0.2) is 15.4 Å². The van der Waals surface area contributed by atoms with Gasteiger partial charge >= 0.3 is 0 Å². The lowest BCUT2D eigenvalue weighted by atomic mass is 10.5. The van der Waals surface area contributed by atoms with Crippen molar-refractivity contribution in [2.75, 3.05) is 26.3 Å². The van der Waals surface area contributed by atoms with Gasteiger partial charge in [-0.1, -0.05) is 0 Å². The van der Waals surface area contributed by atoms with Crippen LogP contribution in [0.25, 0.3) is 0 Å². The highest BCUT2D eigenvalue weighted by Crippen LogP contribution is 1.95. The molecule has 2 rings (SSSR count). The van der Waals surface area contributed by atoms with Gasteiger partial charge in [0.1, 0.15) is 0 Å². The molecule has 72 valence electrons. The van der Waals surface area contributed by atoms with Gasteiger partial charge in [0.05, 0.1) is 26.1 Å². The van der Waals surface area contributed by atoms with E-state index in [1.54, 1.807) is 6.33 Å². The number of H-pyrrole nitrogens is 1. The number of hydrazine groups is 1. The molecule has 2 heterocycles. The van der Waals surface area contributed by atoms with Crippen LogP contribution in [0.4, 0.5) is 0 Å². The second-order valence-electron chi connectivity index (χ2n) is 3.01. The number of hydrogen-bond donors (Lipinski definition) is 2. The lowest BCUT2D eigenvalue weighted by Gasteiger charge is -2.26. The monoisotopic (exact) mass is 182 g/mol. The van der Waals surface area contributed by atoms with E-state index >= 15 is 0 Å². The van der Waals surface area contributed by atoms with Gasteiger partial charge in [0.25, 0.3) is 0 Å². The summed E-state index contributed by atoms with van der Waals surface area (Å²) in [4.78, 5) is 6.99. The Labute approximate surface area is 77.1 Å². The fraction of sp³-hybridized carbons (Fsp3) is 0.625. The van der Waals surface area contributed by atoms with Crippen LogP contribution in [0.15, 0.2) is 12.5 Å². The van der Waals surface area contributed by atoms with E-state index in [9.17, 15) is 0 Å². The van der Waals surface area contributed by atoms with Crippen molar-refractivity contribution >= 4 is 0 Å². The third-order valence-electron chi connectivity index (χ3n) is 2.06. The summed E-state index contributed by atoms with van der Waals surface area (Å²) in [5.74, 6) is 0. The van der Waals surface area contributed by atoms with Crippen molar-refractivity contribution in [1.82, 2.24) is 20.4 Å². The van der Waals surface area contributed by atoms with E-state index in [4.69, 9.17) is 4.74 Å². The lowest BCUT2D eigenvalue weighted by molar-refractivity contribution is 0.0104. The Morgan fingerprint density at radius 2 is 2.38 bits per heavy atom. The van der Waals surface area contributed by atoms with Gasteiger partial charge in [0.2, 0.25) is 0 Å². The molecular formula is C8H14N4O. The Morgan fingerprint density at radius 3 is 3.08 bits per heavy atom. The molecule has 0 spiro atoms. The largest absolute Gasteiger partial charge is 0.379 e. The van der Waals surface area contributed by atoms with E-state index in [1.165, 1.54) is 0 Å². The minimum absolute atomic E-state index is 0.806. The molecule has 1 aromatic rings. The molecule has 0 aromatic carbocycles. The summed E-state index contributed by atoms with van der Waals surface area (Å²) in [6, 6.07) is 0. The molecular weight excluding hydrogens is 168 g/mol. The molecule has 0 unspecified atom stereocenters. The molecule has 0 saturated carbocycles. The van der Waals surface area contributed by atoms with Crippen LogP contribution in [-0.2, 0) is 11.3 Å². The molecule has 1 aliphatic heterocycles. The van der Waals surface area contributed by atoms with Crippen LogP contribution in [0, 0.1) is 0 Å². The molecule has 0 atom stereocenters. The van der Waals surface area contributed by atoms with Gasteiger partial charge in [0, 0.05) is 25.0 Å². The number of rotatable bonds is 3. The number of aromatic amines is 1. The smallest absolute Gasteiger partial charge is 0.0922 e. The van der Waals surface area contributed by atoms with Gasteiger partial charge in [-0.3, -0.25) is 0 Å². The van der Waals surface area contributed by atoms with Crippen molar-refractivity contribution in [3.05, 3.63) is 18.2 Å². The quantitative estimate of drug-likeness (QED) is 0.676. The van der Waals surface area contributed by atoms with Crippen molar-refractivity contribution in [2.24, 2.45) is 0 Å². The van der Waals surface area contributed by atoms with Crippen LogP contribution in [0.1, 0.15) is 5.69 Å². The summed E-state index contributed by atoms with van der Waals surface area (Å²) in [7, 11) is 0. The highest BCUT2D eigenvalue weighted by Gasteiger charge is 2.08. The number of hydrogen-bond acceptors (Lipinski definition) is 4. The highest BCUT2D eigenvalue weighted by atomic mass is 16.5. The fourth-order valence-electron chi connectivity index (χ4n) is 1.30. The van der Waals surface area contributed by atoms with Crippen LogP contribution >= 0.6 is 0 Å². The molecule has 5 nitrogen and oxygen atoms in total. The summed E-state index contributed by atoms with van der Waals surface area (Å²) in [5, 5.41) is 2.17. The number of nitrogens with zero attached hydrogens (tertiary/aromatic N) is 2. The fourth-order valence-corrected chi connectivity index (χ4v) is 1.30. The number of ether oxygens (including phenoxy) is 1.